The molecule has 2 N–H and O–H groups in total. The summed E-state index contributed by atoms with van der Waals surface area (Å²) in [6.07, 6.45) is 2.75. The van der Waals surface area contributed by atoms with Crippen LogP contribution >= 0.6 is 0 Å². The van der Waals surface area contributed by atoms with E-state index < -0.39 is 11.7 Å². The number of amides is 1. The highest BCUT2D eigenvalue weighted by Gasteiger charge is 2.08. The molecular formula is C12H9FN4O. The number of carbonyl (C=O) groups excluding carboxylic acids is 1. The van der Waals surface area contributed by atoms with Crippen LogP contribution < -0.4 is 5.73 Å². The standard InChI is InChI=1S/C12H9FN4O/c13-11-2-1-8(4-14)3-9(11)6-17-7-10(5-16-17)12(15)18/h1-3,5,7H,6H2,(H2,15,18). The van der Waals surface area contributed by atoms with Gasteiger partial charge in [0.05, 0.1) is 29.9 Å². The van der Waals surface area contributed by atoms with Gasteiger partial charge in [-0.15, -0.1) is 0 Å². The van der Waals surface area contributed by atoms with Crippen molar-refractivity contribution in [1.82, 2.24) is 9.78 Å². The lowest BCUT2D eigenvalue weighted by atomic mass is 10.1. The number of aromatic nitrogens is 2. The predicted octanol–water partition coefficient (Wildman–Crippen LogP) is 1.04. The summed E-state index contributed by atoms with van der Waals surface area (Å²) in [5.41, 5.74) is 6.04. The van der Waals surface area contributed by atoms with Crippen LogP contribution in [0.25, 0.3) is 0 Å². The van der Waals surface area contributed by atoms with Crippen molar-refractivity contribution in [2.24, 2.45) is 5.73 Å². The molecule has 2 aromatic rings. The van der Waals surface area contributed by atoms with Crippen LogP contribution in [0.5, 0.6) is 0 Å². The van der Waals surface area contributed by atoms with Crippen LogP contribution in [0.1, 0.15) is 21.5 Å². The van der Waals surface area contributed by atoms with E-state index >= 15 is 0 Å². The summed E-state index contributed by atoms with van der Waals surface area (Å²) in [7, 11) is 0. The predicted molar refractivity (Wildman–Crippen MR) is 61.0 cm³/mol. The Morgan fingerprint density at radius 3 is 2.94 bits per heavy atom. The Morgan fingerprint density at radius 1 is 1.56 bits per heavy atom. The lowest BCUT2D eigenvalue weighted by Gasteiger charge is -2.03. The second kappa shape index (κ2) is 4.67. The molecule has 0 radical (unpaired) electrons. The van der Waals surface area contributed by atoms with Gasteiger partial charge in [0.25, 0.3) is 5.91 Å². The van der Waals surface area contributed by atoms with E-state index in [1.807, 2.05) is 6.07 Å². The van der Waals surface area contributed by atoms with Crippen LogP contribution in [0.2, 0.25) is 0 Å². The van der Waals surface area contributed by atoms with Crippen LogP contribution in [0.15, 0.2) is 30.6 Å². The normalized spacial score (nSPS) is 10.0. The summed E-state index contributed by atoms with van der Waals surface area (Å²) < 4.78 is 14.9. The van der Waals surface area contributed by atoms with Crippen molar-refractivity contribution in [3.8, 4) is 6.07 Å². The number of nitrogens with two attached hydrogens (primary N) is 1. The van der Waals surface area contributed by atoms with Crippen LogP contribution in [0.4, 0.5) is 4.39 Å². The molecular weight excluding hydrogens is 235 g/mol. The molecule has 0 aliphatic rings. The first-order valence-electron chi connectivity index (χ1n) is 5.11. The lowest BCUT2D eigenvalue weighted by molar-refractivity contribution is 0.1000. The summed E-state index contributed by atoms with van der Waals surface area (Å²) in [6, 6.07) is 6.01. The van der Waals surface area contributed by atoms with Gasteiger partial charge >= 0.3 is 0 Å². The summed E-state index contributed by atoms with van der Waals surface area (Å²) in [4.78, 5) is 10.9. The highest BCUT2D eigenvalue weighted by Crippen LogP contribution is 2.12. The van der Waals surface area contributed by atoms with Crippen molar-refractivity contribution in [3.63, 3.8) is 0 Å². The van der Waals surface area contributed by atoms with Crippen molar-refractivity contribution in [2.75, 3.05) is 0 Å². The van der Waals surface area contributed by atoms with E-state index in [9.17, 15) is 9.18 Å². The molecule has 0 saturated carbocycles. The second-order valence-electron chi connectivity index (χ2n) is 3.71. The van der Waals surface area contributed by atoms with E-state index in [2.05, 4.69) is 5.10 Å². The van der Waals surface area contributed by atoms with Gasteiger partial charge in [-0.3, -0.25) is 9.48 Å². The Labute approximate surface area is 102 Å². The number of primary amides is 1. The van der Waals surface area contributed by atoms with Crippen molar-refractivity contribution in [1.29, 1.82) is 5.26 Å². The van der Waals surface area contributed by atoms with Gasteiger partial charge in [0.15, 0.2) is 0 Å². The third kappa shape index (κ3) is 2.35. The molecule has 1 aromatic heterocycles. The first-order chi connectivity index (χ1) is 8.60. The molecule has 90 valence electrons. The number of nitrogens with zero attached hydrogens (tertiary/aromatic N) is 3. The maximum atomic E-state index is 13.5. The third-order valence-electron chi connectivity index (χ3n) is 2.42. The zero-order chi connectivity index (χ0) is 13.1. The van der Waals surface area contributed by atoms with E-state index in [1.54, 1.807) is 0 Å². The van der Waals surface area contributed by atoms with E-state index in [0.717, 1.165) is 0 Å². The van der Waals surface area contributed by atoms with Crippen molar-refractivity contribution in [2.45, 2.75) is 6.54 Å². The minimum absolute atomic E-state index is 0.134. The molecule has 0 atom stereocenters. The molecule has 1 aromatic carbocycles. The highest BCUT2D eigenvalue weighted by atomic mass is 19.1. The fourth-order valence-electron chi connectivity index (χ4n) is 1.52. The van der Waals surface area contributed by atoms with E-state index in [4.69, 9.17) is 11.0 Å². The number of hydrogen-bond donors (Lipinski definition) is 1. The smallest absolute Gasteiger partial charge is 0.251 e. The van der Waals surface area contributed by atoms with E-state index in [-0.39, 0.29) is 12.1 Å². The Hall–Kier alpha value is -2.68. The summed E-state index contributed by atoms with van der Waals surface area (Å²) in [5.74, 6) is -1.02. The molecule has 0 unspecified atom stereocenters. The molecule has 18 heavy (non-hydrogen) atoms. The summed E-state index contributed by atoms with van der Waals surface area (Å²) >= 11 is 0. The molecule has 6 heteroatoms. The first-order valence-corrected chi connectivity index (χ1v) is 5.11. The molecule has 2 rings (SSSR count). The van der Waals surface area contributed by atoms with Gasteiger partial charge in [0.1, 0.15) is 5.82 Å². The quantitative estimate of drug-likeness (QED) is 0.875. The first kappa shape index (κ1) is 11.8. The van der Waals surface area contributed by atoms with E-state index in [1.165, 1.54) is 35.3 Å². The topological polar surface area (TPSA) is 84.7 Å². The van der Waals surface area contributed by atoms with Gasteiger partial charge in [-0.1, -0.05) is 0 Å². The molecule has 1 heterocycles. The van der Waals surface area contributed by atoms with Gasteiger partial charge in [-0.25, -0.2) is 4.39 Å². The fourth-order valence-corrected chi connectivity index (χ4v) is 1.52. The monoisotopic (exact) mass is 244 g/mol. The van der Waals surface area contributed by atoms with Gasteiger partial charge in [-0.05, 0) is 18.2 Å². The summed E-state index contributed by atoms with van der Waals surface area (Å²) in [5, 5.41) is 12.6. The zero-order valence-corrected chi connectivity index (χ0v) is 9.30. The maximum absolute atomic E-state index is 13.5. The number of nitriles is 1. The maximum Gasteiger partial charge on any atom is 0.251 e. The van der Waals surface area contributed by atoms with Gasteiger partial charge in [-0.2, -0.15) is 10.4 Å². The minimum atomic E-state index is -0.590. The number of hydrogen-bond acceptors (Lipinski definition) is 3. The van der Waals surface area contributed by atoms with Crippen molar-refractivity contribution < 1.29 is 9.18 Å². The largest absolute Gasteiger partial charge is 0.366 e. The highest BCUT2D eigenvalue weighted by molar-refractivity contribution is 5.92. The molecule has 0 saturated heterocycles. The number of rotatable bonds is 3. The molecule has 0 bridgehead atoms. The average Bonchev–Trinajstić information content (AvgIpc) is 2.81. The van der Waals surface area contributed by atoms with Gasteiger partial charge < -0.3 is 5.73 Å². The van der Waals surface area contributed by atoms with Gasteiger partial charge in [0.2, 0.25) is 0 Å². The van der Waals surface area contributed by atoms with Crippen molar-refractivity contribution >= 4 is 5.91 Å². The minimum Gasteiger partial charge on any atom is -0.366 e. The third-order valence-corrected chi connectivity index (χ3v) is 2.42. The van der Waals surface area contributed by atoms with Crippen LogP contribution in [0, 0.1) is 17.1 Å². The molecule has 1 amide bonds. The Kier molecular flexibility index (Phi) is 3.06. The summed E-state index contributed by atoms with van der Waals surface area (Å²) in [6.45, 7) is 0.134. The average molecular weight is 244 g/mol. The van der Waals surface area contributed by atoms with Crippen LogP contribution in [0.3, 0.4) is 0 Å². The zero-order valence-electron chi connectivity index (χ0n) is 9.30. The van der Waals surface area contributed by atoms with Crippen LogP contribution in [-0.4, -0.2) is 15.7 Å². The lowest BCUT2D eigenvalue weighted by Crippen LogP contribution is -2.09. The Morgan fingerprint density at radius 2 is 2.33 bits per heavy atom. The molecule has 0 aliphatic carbocycles. The van der Waals surface area contributed by atoms with Crippen LogP contribution in [-0.2, 0) is 6.54 Å². The molecule has 0 aliphatic heterocycles. The molecule has 5 nitrogen and oxygen atoms in total. The molecule has 0 spiro atoms. The van der Waals surface area contributed by atoms with Crippen molar-refractivity contribution in [3.05, 3.63) is 53.1 Å². The van der Waals surface area contributed by atoms with Gasteiger partial charge in [0, 0.05) is 11.8 Å². The number of carbonyl (C=O) groups is 1. The Balaban J connectivity index is 2.28. The SMILES string of the molecule is N#Cc1ccc(F)c(Cn2cc(C(N)=O)cn2)c1. The van der Waals surface area contributed by atoms with E-state index in [0.29, 0.717) is 11.1 Å². The second-order valence-corrected chi connectivity index (χ2v) is 3.71. The number of benzene rings is 1. The Bertz CT molecular complexity index is 642. The number of halogens is 1. The molecule has 0 fully saturated rings. The fraction of sp³-hybridized carbons (Fsp3) is 0.0833.